The Hall–Kier alpha value is -1.06. The van der Waals surface area contributed by atoms with Crippen molar-refractivity contribution in [2.45, 2.75) is 180 Å². The van der Waals surface area contributed by atoms with E-state index in [9.17, 15) is 9.59 Å². The Labute approximate surface area is 218 Å². The molecule has 0 aromatic rings. The lowest BCUT2D eigenvalue weighted by Gasteiger charge is -2.04. The molecular formula is C31H60O4. The van der Waals surface area contributed by atoms with Crippen molar-refractivity contribution in [3.05, 3.63) is 0 Å². The fourth-order valence-electron chi connectivity index (χ4n) is 4.89. The Morgan fingerprint density at radius 1 is 0.400 bits per heavy atom. The minimum atomic E-state index is -0.656. The molecule has 0 rings (SSSR count). The molecular weight excluding hydrogens is 436 g/mol. The smallest absolute Gasteiger partial charge is 0.305 e. The topological polar surface area (TPSA) is 63.6 Å². The predicted molar refractivity (Wildman–Crippen MR) is 149 cm³/mol. The van der Waals surface area contributed by atoms with Crippen molar-refractivity contribution in [2.24, 2.45) is 0 Å². The van der Waals surface area contributed by atoms with Gasteiger partial charge in [0.2, 0.25) is 0 Å². The first-order chi connectivity index (χ1) is 17.2. The molecule has 0 unspecified atom stereocenters. The van der Waals surface area contributed by atoms with E-state index in [-0.39, 0.29) is 5.97 Å². The molecule has 4 heteroatoms. The number of carbonyl (C=O) groups excluding carboxylic acids is 1. The number of esters is 1. The van der Waals surface area contributed by atoms with E-state index >= 15 is 0 Å². The van der Waals surface area contributed by atoms with Gasteiger partial charge in [-0.15, -0.1) is 0 Å². The Morgan fingerprint density at radius 2 is 0.600 bits per heavy atom. The summed E-state index contributed by atoms with van der Waals surface area (Å²) in [5, 5.41) is 8.61. The number of rotatable bonds is 29. The number of unbranched alkanes of at least 4 members (excludes halogenated alkanes) is 25. The summed E-state index contributed by atoms with van der Waals surface area (Å²) in [6.45, 7) is 0. The first-order valence-electron chi connectivity index (χ1n) is 15.5. The van der Waals surface area contributed by atoms with Gasteiger partial charge >= 0.3 is 11.9 Å². The van der Waals surface area contributed by atoms with Crippen LogP contribution in [0.4, 0.5) is 0 Å². The van der Waals surface area contributed by atoms with Gasteiger partial charge < -0.3 is 9.84 Å². The third kappa shape index (κ3) is 30.9. The Bertz CT molecular complexity index is 449. The molecule has 0 radical (unpaired) electrons. The molecule has 0 bridgehead atoms. The van der Waals surface area contributed by atoms with E-state index in [0.717, 1.165) is 25.7 Å². The third-order valence-electron chi connectivity index (χ3n) is 7.25. The molecule has 4 nitrogen and oxygen atoms in total. The molecule has 0 aromatic carbocycles. The van der Waals surface area contributed by atoms with Gasteiger partial charge in [0.1, 0.15) is 0 Å². The van der Waals surface area contributed by atoms with E-state index in [1.165, 1.54) is 148 Å². The summed E-state index contributed by atoms with van der Waals surface area (Å²) in [6, 6.07) is 0. The number of carboxylic acid groups (broad SMARTS) is 1. The first-order valence-corrected chi connectivity index (χ1v) is 15.5. The highest BCUT2D eigenvalue weighted by Gasteiger charge is 2.00. The summed E-state index contributed by atoms with van der Waals surface area (Å²) >= 11 is 0. The Balaban J connectivity index is 3.04. The first kappa shape index (κ1) is 33.9. The second-order valence-corrected chi connectivity index (χ2v) is 10.7. The van der Waals surface area contributed by atoms with Gasteiger partial charge in [-0.1, -0.05) is 154 Å². The standard InChI is InChI=1S/C31H60O4/c1-35-31(34)29-27-25-23-21-19-17-15-13-11-9-7-5-3-2-4-6-8-10-12-14-16-18-20-22-24-26-28-30(32)33/h2-29H2,1H3,(H,32,33). The fraction of sp³-hybridized carbons (Fsp3) is 0.935. The SMILES string of the molecule is COC(=O)CCCCCCCCCCCCCCCCCCCCCCCCCCCCC(=O)O. The molecule has 208 valence electrons. The lowest BCUT2D eigenvalue weighted by atomic mass is 10.0. The summed E-state index contributed by atoms with van der Waals surface area (Å²) in [6.07, 6.45) is 35.3. The van der Waals surface area contributed by atoms with Crippen molar-refractivity contribution in [1.82, 2.24) is 0 Å². The van der Waals surface area contributed by atoms with Crippen LogP contribution in [-0.4, -0.2) is 24.2 Å². The maximum atomic E-state index is 11.0. The Kier molecular flexibility index (Phi) is 28.3. The van der Waals surface area contributed by atoms with Gasteiger partial charge in [-0.2, -0.15) is 0 Å². The van der Waals surface area contributed by atoms with E-state index in [2.05, 4.69) is 4.74 Å². The number of ether oxygens (including phenoxy) is 1. The molecule has 1 N–H and O–H groups in total. The molecule has 35 heavy (non-hydrogen) atoms. The van der Waals surface area contributed by atoms with E-state index in [1.54, 1.807) is 0 Å². The number of carboxylic acids is 1. The molecule has 0 amide bonds. The van der Waals surface area contributed by atoms with Gasteiger partial charge in [0.25, 0.3) is 0 Å². The third-order valence-corrected chi connectivity index (χ3v) is 7.25. The largest absolute Gasteiger partial charge is 0.481 e. The number of methoxy groups -OCH3 is 1. The molecule has 0 heterocycles. The zero-order valence-corrected chi connectivity index (χ0v) is 23.5. The second-order valence-electron chi connectivity index (χ2n) is 10.7. The van der Waals surface area contributed by atoms with Crippen molar-refractivity contribution >= 4 is 11.9 Å². The highest BCUT2D eigenvalue weighted by molar-refractivity contribution is 5.69. The van der Waals surface area contributed by atoms with E-state index in [1.807, 2.05) is 0 Å². The molecule has 0 aliphatic carbocycles. The van der Waals surface area contributed by atoms with Crippen LogP contribution in [0.15, 0.2) is 0 Å². The Morgan fingerprint density at radius 3 is 0.800 bits per heavy atom. The second kappa shape index (κ2) is 29.2. The van der Waals surface area contributed by atoms with Crippen LogP contribution in [0.1, 0.15) is 180 Å². The molecule has 0 aliphatic rings. The van der Waals surface area contributed by atoms with Crippen molar-refractivity contribution in [3.8, 4) is 0 Å². The van der Waals surface area contributed by atoms with Crippen molar-refractivity contribution < 1.29 is 19.4 Å². The average molecular weight is 497 g/mol. The number of aliphatic carboxylic acids is 1. The normalized spacial score (nSPS) is 11.1. The minimum Gasteiger partial charge on any atom is -0.481 e. The molecule has 0 fully saturated rings. The van der Waals surface area contributed by atoms with Crippen LogP contribution >= 0.6 is 0 Å². The molecule has 0 spiro atoms. The summed E-state index contributed by atoms with van der Waals surface area (Å²) in [5.74, 6) is -0.726. The van der Waals surface area contributed by atoms with E-state index in [4.69, 9.17) is 5.11 Å². The number of carbonyl (C=O) groups is 2. The number of hydrogen-bond donors (Lipinski definition) is 1. The van der Waals surface area contributed by atoms with Gasteiger partial charge in [0, 0.05) is 12.8 Å². The van der Waals surface area contributed by atoms with Crippen molar-refractivity contribution in [1.29, 1.82) is 0 Å². The van der Waals surface area contributed by atoms with Crippen LogP contribution in [-0.2, 0) is 14.3 Å². The summed E-state index contributed by atoms with van der Waals surface area (Å²) in [7, 11) is 1.47. The van der Waals surface area contributed by atoms with Gasteiger partial charge in [-0.05, 0) is 12.8 Å². The van der Waals surface area contributed by atoms with Crippen LogP contribution in [0.25, 0.3) is 0 Å². The zero-order valence-electron chi connectivity index (χ0n) is 23.5. The molecule has 0 saturated carbocycles. The minimum absolute atomic E-state index is 0.0703. The lowest BCUT2D eigenvalue weighted by molar-refractivity contribution is -0.141. The van der Waals surface area contributed by atoms with Gasteiger partial charge in [-0.3, -0.25) is 9.59 Å². The lowest BCUT2D eigenvalue weighted by Crippen LogP contribution is -1.99. The van der Waals surface area contributed by atoms with Crippen LogP contribution in [0.5, 0.6) is 0 Å². The maximum Gasteiger partial charge on any atom is 0.305 e. The highest BCUT2D eigenvalue weighted by Crippen LogP contribution is 2.16. The fourth-order valence-corrected chi connectivity index (χ4v) is 4.89. The summed E-state index contributed by atoms with van der Waals surface area (Å²) in [5.41, 5.74) is 0. The van der Waals surface area contributed by atoms with Crippen LogP contribution in [0, 0.1) is 0 Å². The van der Waals surface area contributed by atoms with Gasteiger partial charge in [0.05, 0.1) is 7.11 Å². The van der Waals surface area contributed by atoms with Crippen LogP contribution < -0.4 is 0 Å². The molecule has 0 aromatic heterocycles. The summed E-state index contributed by atoms with van der Waals surface area (Å²) < 4.78 is 4.66. The quantitative estimate of drug-likeness (QED) is 0.0826. The zero-order chi connectivity index (χ0) is 25.7. The van der Waals surface area contributed by atoms with Gasteiger partial charge in [0.15, 0.2) is 0 Å². The monoisotopic (exact) mass is 496 g/mol. The van der Waals surface area contributed by atoms with Crippen LogP contribution in [0.3, 0.4) is 0 Å². The highest BCUT2D eigenvalue weighted by atomic mass is 16.5. The predicted octanol–water partition coefficient (Wildman–Crippen LogP) is 10.2. The van der Waals surface area contributed by atoms with E-state index in [0.29, 0.717) is 12.8 Å². The van der Waals surface area contributed by atoms with Gasteiger partial charge in [-0.25, -0.2) is 0 Å². The molecule has 0 aliphatic heterocycles. The van der Waals surface area contributed by atoms with Crippen molar-refractivity contribution in [3.63, 3.8) is 0 Å². The summed E-state index contributed by atoms with van der Waals surface area (Å²) in [4.78, 5) is 21.5. The maximum absolute atomic E-state index is 11.0. The number of hydrogen-bond acceptors (Lipinski definition) is 3. The average Bonchev–Trinajstić information content (AvgIpc) is 2.85. The molecule has 0 saturated heterocycles. The molecule has 0 atom stereocenters. The van der Waals surface area contributed by atoms with E-state index < -0.39 is 5.97 Å². The van der Waals surface area contributed by atoms with Crippen LogP contribution in [0.2, 0.25) is 0 Å². The van der Waals surface area contributed by atoms with Crippen molar-refractivity contribution in [2.75, 3.05) is 7.11 Å².